The maximum Gasteiger partial charge on any atom is 0.292 e. The quantitative estimate of drug-likeness (QED) is 0.181. The largest absolute Gasteiger partial charge is 0.397 e. The number of nitro benzene ring substituents is 1. The highest BCUT2D eigenvalue weighted by atomic mass is 32.2. The third-order valence-corrected chi connectivity index (χ3v) is 9.38. The molecule has 0 radical (unpaired) electrons. The zero-order valence-electron chi connectivity index (χ0n) is 20.6. The second-order valence-corrected chi connectivity index (χ2v) is 12.9. The van der Waals surface area contributed by atoms with Crippen LogP contribution in [-0.2, 0) is 20.0 Å². The summed E-state index contributed by atoms with van der Waals surface area (Å²) in [6, 6.07) is 8.36. The van der Waals surface area contributed by atoms with Crippen LogP contribution in [0.4, 0.5) is 22.7 Å². The first kappa shape index (κ1) is 27.6. The second kappa shape index (κ2) is 9.84. The number of hydrogen-bond acceptors (Lipinski definition) is 9. The molecule has 0 unspecified atom stereocenters. The number of nitrogens with zero attached hydrogens (tertiary/aromatic N) is 1. The summed E-state index contributed by atoms with van der Waals surface area (Å²) in [6.07, 6.45) is 3.39. The molecule has 12 nitrogen and oxygen atoms in total. The van der Waals surface area contributed by atoms with E-state index in [2.05, 4.69) is 20.1 Å². The first-order valence-electron chi connectivity index (χ1n) is 11.3. The summed E-state index contributed by atoms with van der Waals surface area (Å²) < 4.78 is 53.7. The summed E-state index contributed by atoms with van der Waals surface area (Å²) in [4.78, 5) is 10.5. The Hall–Kier alpha value is -2.94. The molecule has 0 saturated heterocycles. The third kappa shape index (κ3) is 6.63. The van der Waals surface area contributed by atoms with Crippen molar-refractivity contribution >= 4 is 42.8 Å². The predicted octanol–water partition coefficient (Wildman–Crippen LogP) is 2.61. The summed E-state index contributed by atoms with van der Waals surface area (Å²) in [5.41, 5.74) is 6.24. The van der Waals surface area contributed by atoms with Crippen LogP contribution < -0.4 is 25.8 Å². The molecule has 2 fully saturated rings. The van der Waals surface area contributed by atoms with Crippen LogP contribution in [0.5, 0.6) is 0 Å². The number of nitro groups is 1. The third-order valence-electron chi connectivity index (χ3n) is 6.11. The molecule has 6 N–H and O–H groups in total. The number of benzene rings is 2. The molecule has 2 saturated carbocycles. The van der Waals surface area contributed by atoms with Crippen LogP contribution in [0.3, 0.4) is 0 Å². The van der Waals surface area contributed by atoms with Crippen LogP contribution >= 0.6 is 0 Å². The molecule has 2 aliphatic carbocycles. The zero-order valence-corrected chi connectivity index (χ0v) is 22.2. The van der Waals surface area contributed by atoms with Crippen LogP contribution in [0, 0.1) is 10.1 Å². The van der Waals surface area contributed by atoms with Crippen LogP contribution in [-0.4, -0.2) is 46.9 Å². The van der Waals surface area contributed by atoms with E-state index in [9.17, 15) is 26.9 Å². The van der Waals surface area contributed by atoms with E-state index in [1.54, 1.807) is 19.2 Å². The van der Waals surface area contributed by atoms with E-state index >= 15 is 0 Å². The van der Waals surface area contributed by atoms with Crippen molar-refractivity contribution in [3.63, 3.8) is 0 Å². The number of rotatable bonds is 9. The van der Waals surface area contributed by atoms with Gasteiger partial charge in [-0.2, -0.15) is 0 Å². The molecule has 0 aliphatic heterocycles. The molecule has 0 atom stereocenters. The van der Waals surface area contributed by atoms with Gasteiger partial charge in [0, 0.05) is 31.2 Å². The molecular formula is C22H32N6O6S2. The minimum Gasteiger partial charge on any atom is -0.397 e. The Morgan fingerprint density at radius 1 is 0.806 bits per heavy atom. The SMILES string of the molecule is CNc1cc(S(=O)(=O)NC2(C)CC2)ccc1N.CNc1cc(S(=O)(=O)NC2(C)CC2)ccc1[N+](=O)[O-]. The van der Waals surface area contributed by atoms with Gasteiger partial charge in [0.05, 0.1) is 26.1 Å². The van der Waals surface area contributed by atoms with Gasteiger partial charge < -0.3 is 16.4 Å². The van der Waals surface area contributed by atoms with E-state index in [1.807, 2.05) is 13.8 Å². The topological polar surface area (TPSA) is 186 Å². The smallest absolute Gasteiger partial charge is 0.292 e. The van der Waals surface area contributed by atoms with Gasteiger partial charge in [0.25, 0.3) is 5.69 Å². The average molecular weight is 541 g/mol. The average Bonchev–Trinajstić information content (AvgIpc) is 3.71. The molecule has 14 heteroatoms. The van der Waals surface area contributed by atoms with Gasteiger partial charge in [-0.1, -0.05) is 0 Å². The van der Waals surface area contributed by atoms with Crippen LogP contribution in [0.1, 0.15) is 39.5 Å². The molecule has 0 bridgehead atoms. The van der Waals surface area contributed by atoms with Gasteiger partial charge in [0.2, 0.25) is 20.0 Å². The fourth-order valence-electron chi connectivity index (χ4n) is 3.31. The number of anilines is 3. The van der Waals surface area contributed by atoms with Gasteiger partial charge in [-0.3, -0.25) is 10.1 Å². The van der Waals surface area contributed by atoms with E-state index in [-0.39, 0.29) is 32.2 Å². The fourth-order valence-corrected chi connectivity index (χ4v) is 6.29. The van der Waals surface area contributed by atoms with E-state index < -0.39 is 25.0 Å². The van der Waals surface area contributed by atoms with Crippen molar-refractivity contribution in [2.45, 2.75) is 60.4 Å². The Balaban J connectivity index is 0.000000202. The Morgan fingerprint density at radius 2 is 1.22 bits per heavy atom. The summed E-state index contributed by atoms with van der Waals surface area (Å²) in [7, 11) is -3.88. The summed E-state index contributed by atoms with van der Waals surface area (Å²) in [5.74, 6) is 0. The molecule has 36 heavy (non-hydrogen) atoms. The molecule has 2 aromatic carbocycles. The minimum absolute atomic E-state index is 0.0237. The van der Waals surface area contributed by atoms with Gasteiger partial charge in [0.1, 0.15) is 5.69 Å². The summed E-state index contributed by atoms with van der Waals surface area (Å²) in [5, 5.41) is 16.3. The van der Waals surface area contributed by atoms with Gasteiger partial charge in [-0.25, -0.2) is 26.3 Å². The van der Waals surface area contributed by atoms with E-state index in [4.69, 9.17) is 5.73 Å². The molecule has 0 amide bonds. The Bertz CT molecular complexity index is 1370. The Labute approximate surface area is 211 Å². The van der Waals surface area contributed by atoms with E-state index in [0.717, 1.165) is 25.7 Å². The number of sulfonamides is 2. The number of nitrogen functional groups attached to an aromatic ring is 1. The molecular weight excluding hydrogens is 508 g/mol. The highest BCUT2D eigenvalue weighted by Crippen LogP contribution is 2.37. The molecule has 0 aromatic heterocycles. The number of nitrogens with two attached hydrogens (primary N) is 1. The molecule has 0 spiro atoms. The van der Waals surface area contributed by atoms with Crippen molar-refractivity contribution in [3.05, 3.63) is 46.5 Å². The van der Waals surface area contributed by atoms with Crippen molar-refractivity contribution in [1.29, 1.82) is 0 Å². The van der Waals surface area contributed by atoms with Crippen molar-refractivity contribution < 1.29 is 21.8 Å². The lowest BCUT2D eigenvalue weighted by Crippen LogP contribution is -2.34. The second-order valence-electron chi connectivity index (χ2n) is 9.52. The van der Waals surface area contributed by atoms with Gasteiger partial charge in [0.15, 0.2) is 0 Å². The summed E-state index contributed by atoms with van der Waals surface area (Å²) >= 11 is 0. The van der Waals surface area contributed by atoms with Crippen molar-refractivity contribution in [1.82, 2.24) is 9.44 Å². The van der Waals surface area contributed by atoms with Gasteiger partial charge in [-0.15, -0.1) is 0 Å². The lowest BCUT2D eigenvalue weighted by molar-refractivity contribution is -0.384. The Morgan fingerprint density at radius 3 is 1.61 bits per heavy atom. The molecule has 198 valence electrons. The number of nitrogens with one attached hydrogen (secondary N) is 4. The number of hydrogen-bond donors (Lipinski definition) is 5. The van der Waals surface area contributed by atoms with Crippen molar-refractivity contribution in [3.8, 4) is 0 Å². The predicted molar refractivity (Wildman–Crippen MR) is 139 cm³/mol. The lowest BCUT2D eigenvalue weighted by Gasteiger charge is -2.13. The van der Waals surface area contributed by atoms with Crippen molar-refractivity contribution in [2.24, 2.45) is 0 Å². The van der Waals surface area contributed by atoms with Crippen LogP contribution in [0.15, 0.2) is 46.2 Å². The normalized spacial score (nSPS) is 17.3. The molecule has 2 aliphatic rings. The van der Waals surface area contributed by atoms with Gasteiger partial charge in [-0.05, 0) is 69.9 Å². The molecule has 0 heterocycles. The molecule has 4 rings (SSSR count). The summed E-state index contributed by atoms with van der Waals surface area (Å²) in [6.45, 7) is 3.73. The maximum atomic E-state index is 12.1. The fraction of sp³-hybridized carbons (Fsp3) is 0.455. The van der Waals surface area contributed by atoms with E-state index in [1.165, 1.54) is 31.3 Å². The van der Waals surface area contributed by atoms with Gasteiger partial charge >= 0.3 is 0 Å². The first-order valence-corrected chi connectivity index (χ1v) is 14.2. The maximum absolute atomic E-state index is 12.1. The van der Waals surface area contributed by atoms with E-state index in [0.29, 0.717) is 11.4 Å². The minimum atomic E-state index is -3.64. The monoisotopic (exact) mass is 540 g/mol. The van der Waals surface area contributed by atoms with Crippen molar-refractivity contribution in [2.75, 3.05) is 30.5 Å². The van der Waals surface area contributed by atoms with Crippen LogP contribution in [0.25, 0.3) is 0 Å². The first-order chi connectivity index (χ1) is 16.6. The standard InChI is InChI=1S/C11H15N3O4S.C11H17N3O2S/c1-11(5-6-11)13-19(17,18)8-3-4-10(14(15)16)9(7-8)12-2;1-11(5-6-11)14-17(15,16)8-3-4-9(12)10(7-8)13-2/h3-4,7,12-13H,5-6H2,1-2H3;3-4,7,13-14H,5-6,12H2,1-2H3. The highest BCUT2D eigenvalue weighted by molar-refractivity contribution is 7.89. The molecule has 2 aromatic rings. The zero-order chi connectivity index (χ0) is 26.9. The van der Waals surface area contributed by atoms with Crippen LogP contribution in [0.2, 0.25) is 0 Å². The highest BCUT2D eigenvalue weighted by Gasteiger charge is 2.42. The Kier molecular flexibility index (Phi) is 7.56. The lowest BCUT2D eigenvalue weighted by atomic mass is 10.3.